The van der Waals surface area contributed by atoms with E-state index >= 15 is 0 Å². The van der Waals surface area contributed by atoms with E-state index in [1.807, 2.05) is 0 Å². The van der Waals surface area contributed by atoms with Gasteiger partial charge in [0.15, 0.2) is 0 Å². The second-order valence-electron chi connectivity index (χ2n) is 4.43. The van der Waals surface area contributed by atoms with Gasteiger partial charge in [0.2, 0.25) is 10.0 Å². The molecule has 1 aliphatic rings. The Morgan fingerprint density at radius 1 is 1.50 bits per heavy atom. The van der Waals surface area contributed by atoms with Crippen LogP contribution in [0.4, 0.5) is 0 Å². The lowest BCUT2D eigenvalue weighted by Gasteiger charge is -2.22. The van der Waals surface area contributed by atoms with Gasteiger partial charge in [0.05, 0.1) is 19.5 Å². The number of rotatable bonds is 7. The zero-order valence-corrected chi connectivity index (χ0v) is 11.5. The first-order valence-electron chi connectivity index (χ1n) is 6.15. The molecule has 1 N–H and O–H groups in total. The van der Waals surface area contributed by atoms with Crippen LogP contribution in [0.2, 0.25) is 0 Å². The smallest absolute Gasteiger partial charge is 0.305 e. The van der Waals surface area contributed by atoms with Gasteiger partial charge in [0.1, 0.15) is 0 Å². The standard InChI is InChI=1S/C11H21NO5S/c1-16-11(13)5-3-7-18(14,15)12-8-10-4-2-6-17-9-10/h10,12H,2-9H2,1H3. The van der Waals surface area contributed by atoms with Gasteiger partial charge in [0, 0.05) is 19.6 Å². The number of nitrogens with one attached hydrogen (secondary N) is 1. The quantitative estimate of drug-likeness (QED) is 0.677. The van der Waals surface area contributed by atoms with Crippen LogP contribution in [0.1, 0.15) is 25.7 Å². The Morgan fingerprint density at radius 3 is 2.89 bits per heavy atom. The molecule has 1 fully saturated rings. The van der Waals surface area contributed by atoms with Crippen LogP contribution in [0.3, 0.4) is 0 Å². The van der Waals surface area contributed by atoms with Crippen molar-refractivity contribution in [1.82, 2.24) is 4.72 Å². The molecule has 0 bridgehead atoms. The van der Waals surface area contributed by atoms with Crippen LogP contribution < -0.4 is 4.72 Å². The Morgan fingerprint density at radius 2 is 2.28 bits per heavy atom. The van der Waals surface area contributed by atoms with Crippen molar-refractivity contribution < 1.29 is 22.7 Å². The van der Waals surface area contributed by atoms with Crippen molar-refractivity contribution in [3.8, 4) is 0 Å². The molecule has 1 rings (SSSR count). The predicted molar refractivity (Wildman–Crippen MR) is 66.6 cm³/mol. The van der Waals surface area contributed by atoms with Gasteiger partial charge in [-0.05, 0) is 25.2 Å². The molecule has 0 amide bonds. The normalized spacial score (nSPS) is 20.6. The van der Waals surface area contributed by atoms with Crippen molar-refractivity contribution in [1.29, 1.82) is 0 Å². The summed E-state index contributed by atoms with van der Waals surface area (Å²) in [4.78, 5) is 10.8. The van der Waals surface area contributed by atoms with Crippen LogP contribution in [0, 0.1) is 5.92 Å². The van der Waals surface area contributed by atoms with Crippen molar-refractivity contribution in [2.45, 2.75) is 25.7 Å². The van der Waals surface area contributed by atoms with Crippen LogP contribution in [0.5, 0.6) is 0 Å². The highest BCUT2D eigenvalue weighted by atomic mass is 32.2. The van der Waals surface area contributed by atoms with Gasteiger partial charge in [-0.3, -0.25) is 4.79 Å². The maximum Gasteiger partial charge on any atom is 0.305 e. The van der Waals surface area contributed by atoms with Gasteiger partial charge in [-0.25, -0.2) is 13.1 Å². The van der Waals surface area contributed by atoms with Gasteiger partial charge < -0.3 is 9.47 Å². The number of carbonyl (C=O) groups is 1. The second-order valence-corrected chi connectivity index (χ2v) is 6.36. The summed E-state index contributed by atoms with van der Waals surface area (Å²) in [6.45, 7) is 1.80. The Bertz CT molecular complexity index is 348. The molecular weight excluding hydrogens is 258 g/mol. The highest BCUT2D eigenvalue weighted by molar-refractivity contribution is 7.89. The third kappa shape index (κ3) is 6.32. The van der Waals surface area contributed by atoms with E-state index in [-0.39, 0.29) is 30.5 Å². The fraction of sp³-hybridized carbons (Fsp3) is 0.909. The molecule has 6 nitrogen and oxygen atoms in total. The van der Waals surface area contributed by atoms with Crippen molar-refractivity contribution >= 4 is 16.0 Å². The molecule has 1 atom stereocenters. The first-order valence-corrected chi connectivity index (χ1v) is 7.80. The molecule has 0 aromatic heterocycles. The summed E-state index contributed by atoms with van der Waals surface area (Å²) in [5.41, 5.74) is 0. The fourth-order valence-electron chi connectivity index (χ4n) is 1.79. The van der Waals surface area contributed by atoms with Crippen molar-refractivity contribution in [3.63, 3.8) is 0 Å². The minimum Gasteiger partial charge on any atom is -0.469 e. The maximum absolute atomic E-state index is 11.6. The van der Waals surface area contributed by atoms with E-state index in [2.05, 4.69) is 9.46 Å². The summed E-state index contributed by atoms with van der Waals surface area (Å²) in [6.07, 6.45) is 2.38. The average Bonchev–Trinajstić information content (AvgIpc) is 2.37. The Kier molecular flexibility index (Phi) is 6.59. The van der Waals surface area contributed by atoms with E-state index in [4.69, 9.17) is 4.74 Å². The zero-order chi connectivity index (χ0) is 13.4. The number of hydrogen-bond acceptors (Lipinski definition) is 5. The van der Waals surface area contributed by atoms with Gasteiger partial charge in [-0.1, -0.05) is 0 Å². The molecule has 18 heavy (non-hydrogen) atoms. The summed E-state index contributed by atoms with van der Waals surface area (Å²) < 4.78 is 35.6. The highest BCUT2D eigenvalue weighted by Gasteiger charge is 2.17. The number of hydrogen-bond donors (Lipinski definition) is 1. The third-order valence-corrected chi connectivity index (χ3v) is 4.30. The first-order chi connectivity index (χ1) is 8.53. The van der Waals surface area contributed by atoms with Gasteiger partial charge in [-0.15, -0.1) is 0 Å². The largest absolute Gasteiger partial charge is 0.469 e. The fourth-order valence-corrected chi connectivity index (χ4v) is 2.95. The lowest BCUT2D eigenvalue weighted by Crippen LogP contribution is -2.34. The monoisotopic (exact) mass is 279 g/mol. The Labute approximate surface area is 108 Å². The Hall–Kier alpha value is -0.660. The minimum absolute atomic E-state index is 0.0460. The van der Waals surface area contributed by atoms with E-state index in [1.165, 1.54) is 7.11 Å². The van der Waals surface area contributed by atoms with Crippen LogP contribution in [-0.4, -0.2) is 47.0 Å². The Balaban J connectivity index is 2.20. The molecule has 1 heterocycles. The predicted octanol–water partition coefficient (Wildman–Crippen LogP) is 0.286. The molecule has 0 aromatic rings. The lowest BCUT2D eigenvalue weighted by molar-refractivity contribution is -0.140. The summed E-state index contributed by atoms with van der Waals surface area (Å²) in [6, 6.07) is 0. The van der Waals surface area contributed by atoms with E-state index < -0.39 is 10.0 Å². The minimum atomic E-state index is -3.30. The molecule has 1 saturated heterocycles. The topological polar surface area (TPSA) is 81.7 Å². The molecule has 0 aliphatic carbocycles. The number of carbonyl (C=O) groups excluding carboxylic acids is 1. The van der Waals surface area contributed by atoms with Gasteiger partial charge in [-0.2, -0.15) is 0 Å². The number of sulfonamides is 1. The molecule has 0 spiro atoms. The number of esters is 1. The van der Waals surface area contributed by atoms with Crippen LogP contribution in [0.15, 0.2) is 0 Å². The highest BCUT2D eigenvalue weighted by Crippen LogP contribution is 2.12. The summed E-state index contributed by atoms with van der Waals surface area (Å²) in [5, 5.41) is 0. The van der Waals surface area contributed by atoms with E-state index in [1.54, 1.807) is 0 Å². The van der Waals surface area contributed by atoms with Crippen molar-refractivity contribution in [3.05, 3.63) is 0 Å². The van der Waals surface area contributed by atoms with E-state index in [0.29, 0.717) is 13.2 Å². The molecule has 0 saturated carbocycles. The van der Waals surface area contributed by atoms with E-state index in [9.17, 15) is 13.2 Å². The maximum atomic E-state index is 11.6. The third-order valence-electron chi connectivity index (χ3n) is 2.87. The van der Waals surface area contributed by atoms with Crippen LogP contribution in [0.25, 0.3) is 0 Å². The first kappa shape index (κ1) is 15.4. The van der Waals surface area contributed by atoms with Crippen molar-refractivity contribution in [2.24, 2.45) is 5.92 Å². The van der Waals surface area contributed by atoms with Crippen LogP contribution in [-0.2, 0) is 24.3 Å². The second kappa shape index (κ2) is 7.70. The van der Waals surface area contributed by atoms with Crippen LogP contribution >= 0.6 is 0 Å². The zero-order valence-electron chi connectivity index (χ0n) is 10.7. The van der Waals surface area contributed by atoms with Gasteiger partial charge in [0.25, 0.3) is 0 Å². The molecule has 106 valence electrons. The lowest BCUT2D eigenvalue weighted by atomic mass is 10.0. The van der Waals surface area contributed by atoms with E-state index in [0.717, 1.165) is 19.4 Å². The number of ether oxygens (including phenoxy) is 2. The SMILES string of the molecule is COC(=O)CCCS(=O)(=O)NCC1CCCOC1. The molecule has 0 aromatic carbocycles. The molecule has 1 unspecified atom stereocenters. The molecular formula is C11H21NO5S. The van der Waals surface area contributed by atoms with Crippen molar-refractivity contribution in [2.75, 3.05) is 32.6 Å². The molecule has 7 heteroatoms. The summed E-state index contributed by atoms with van der Waals surface area (Å²) in [5.74, 6) is -0.171. The number of methoxy groups -OCH3 is 1. The van der Waals surface area contributed by atoms with Gasteiger partial charge >= 0.3 is 5.97 Å². The summed E-state index contributed by atoms with van der Waals surface area (Å²) in [7, 11) is -2.01. The summed E-state index contributed by atoms with van der Waals surface area (Å²) >= 11 is 0. The molecule has 0 radical (unpaired) electrons. The average molecular weight is 279 g/mol. The molecule has 1 aliphatic heterocycles.